The number of halogens is 1. The van der Waals surface area contributed by atoms with Crippen LogP contribution in [0.25, 0.3) is 22.5 Å². The van der Waals surface area contributed by atoms with Crippen molar-refractivity contribution in [1.29, 1.82) is 0 Å². The second-order valence-corrected chi connectivity index (χ2v) is 8.50. The second-order valence-electron chi connectivity index (χ2n) is 8.07. The van der Waals surface area contributed by atoms with E-state index in [9.17, 15) is 0 Å². The van der Waals surface area contributed by atoms with Crippen LogP contribution in [0.3, 0.4) is 0 Å². The van der Waals surface area contributed by atoms with Gasteiger partial charge in [-0.25, -0.2) is 4.98 Å². The van der Waals surface area contributed by atoms with Gasteiger partial charge in [0.25, 0.3) is 0 Å². The Morgan fingerprint density at radius 3 is 2.71 bits per heavy atom. The van der Waals surface area contributed by atoms with Crippen LogP contribution in [0.15, 0.2) is 60.8 Å². The molecule has 2 aromatic heterocycles. The average molecular weight is 477 g/mol. The lowest BCUT2D eigenvalue weighted by atomic mass is 10.0. The van der Waals surface area contributed by atoms with Gasteiger partial charge in [0.1, 0.15) is 6.61 Å². The molecule has 0 atom stereocenters. The average Bonchev–Trinajstić information content (AvgIpc) is 3.22. The van der Waals surface area contributed by atoms with Crippen LogP contribution in [-0.4, -0.2) is 47.5 Å². The Balaban J connectivity index is 1.45. The van der Waals surface area contributed by atoms with Crippen molar-refractivity contribution >= 4 is 11.6 Å². The first-order valence-electron chi connectivity index (χ1n) is 11.0. The number of aromatic nitrogens is 3. The first-order chi connectivity index (χ1) is 16.6. The van der Waals surface area contributed by atoms with E-state index in [1.54, 1.807) is 14.2 Å². The molecule has 0 unspecified atom stereocenters. The normalized spacial score (nSPS) is 13.6. The second kappa shape index (κ2) is 9.75. The molecule has 0 spiro atoms. The Bertz CT molecular complexity index is 1290. The number of fused-ring (bicyclic) bond motifs is 1. The van der Waals surface area contributed by atoms with Crippen LogP contribution in [0, 0.1) is 0 Å². The number of benzene rings is 2. The molecule has 0 bridgehead atoms. The summed E-state index contributed by atoms with van der Waals surface area (Å²) in [5, 5.41) is 8.14. The molecule has 0 saturated heterocycles. The maximum absolute atomic E-state index is 6.13. The van der Waals surface area contributed by atoms with E-state index in [1.807, 2.05) is 54.7 Å². The van der Waals surface area contributed by atoms with Crippen molar-refractivity contribution in [2.75, 3.05) is 27.4 Å². The fraction of sp³-hybridized carbons (Fsp3) is 0.231. The summed E-state index contributed by atoms with van der Waals surface area (Å²) < 4.78 is 17.1. The first-order valence-corrected chi connectivity index (χ1v) is 11.4. The fourth-order valence-corrected chi connectivity index (χ4v) is 4.33. The maximum Gasteiger partial charge on any atom is 0.213 e. The molecular weight excluding hydrogens is 452 g/mol. The Hall–Kier alpha value is -3.55. The van der Waals surface area contributed by atoms with Crippen molar-refractivity contribution in [1.82, 2.24) is 20.1 Å². The number of aromatic amines is 1. The Labute approximate surface area is 203 Å². The topological polar surface area (TPSA) is 72.5 Å². The number of hydrogen-bond donors (Lipinski definition) is 1. The van der Waals surface area contributed by atoms with Gasteiger partial charge in [-0.05, 0) is 35.9 Å². The standard InChI is InChI=1S/C26H25ClN4O3/c1-32-23-13-18(22-4-3-5-24(29-22)33-2)12-19-15-31(10-11-34-26(19)23)16-20-14-28-30-25(20)17-6-8-21(27)9-7-17/h3-9,12-14H,10-11,15-16H2,1-2H3,(H,28,30). The van der Waals surface area contributed by atoms with Crippen LogP contribution in [0.2, 0.25) is 5.02 Å². The van der Waals surface area contributed by atoms with Gasteiger partial charge >= 0.3 is 0 Å². The van der Waals surface area contributed by atoms with Gasteiger partial charge in [-0.3, -0.25) is 10.00 Å². The number of H-pyrrole nitrogens is 1. The summed E-state index contributed by atoms with van der Waals surface area (Å²) in [5.74, 6) is 2.05. The zero-order valence-corrected chi connectivity index (χ0v) is 19.8. The predicted octanol–water partition coefficient (Wildman–Crippen LogP) is 5.20. The van der Waals surface area contributed by atoms with Gasteiger partial charge in [-0.15, -0.1) is 0 Å². The summed E-state index contributed by atoms with van der Waals surface area (Å²) in [7, 11) is 3.28. The highest BCUT2D eigenvalue weighted by Crippen LogP contribution is 2.38. The fourth-order valence-electron chi connectivity index (χ4n) is 4.20. The molecule has 1 aliphatic rings. The van der Waals surface area contributed by atoms with E-state index in [2.05, 4.69) is 26.1 Å². The SMILES string of the molecule is COc1cccc(-c2cc3c(c(OC)c2)OCCN(Cc2cn[nH]c2-c2ccc(Cl)cc2)C3)n1. The number of hydrogen-bond acceptors (Lipinski definition) is 6. The molecule has 3 heterocycles. The number of nitrogens with one attached hydrogen (secondary N) is 1. The van der Waals surface area contributed by atoms with Gasteiger partial charge in [-0.1, -0.05) is 29.8 Å². The molecule has 0 saturated carbocycles. The van der Waals surface area contributed by atoms with Crippen LogP contribution in [0.4, 0.5) is 0 Å². The van der Waals surface area contributed by atoms with Crippen LogP contribution in [0.1, 0.15) is 11.1 Å². The monoisotopic (exact) mass is 476 g/mol. The molecule has 4 aromatic rings. The molecular formula is C26H25ClN4O3. The molecule has 174 valence electrons. The highest BCUT2D eigenvalue weighted by Gasteiger charge is 2.22. The third-order valence-corrected chi connectivity index (χ3v) is 6.12. The van der Waals surface area contributed by atoms with Crippen LogP contribution >= 0.6 is 11.6 Å². The molecule has 0 amide bonds. The molecule has 0 radical (unpaired) electrons. The summed E-state index contributed by atoms with van der Waals surface area (Å²) in [6.45, 7) is 2.76. The summed E-state index contributed by atoms with van der Waals surface area (Å²) in [6.07, 6.45) is 1.88. The van der Waals surface area contributed by atoms with Gasteiger partial charge in [-0.2, -0.15) is 5.10 Å². The molecule has 0 aliphatic carbocycles. The zero-order valence-electron chi connectivity index (χ0n) is 19.0. The molecule has 34 heavy (non-hydrogen) atoms. The van der Waals surface area contributed by atoms with Crippen LogP contribution in [-0.2, 0) is 13.1 Å². The zero-order chi connectivity index (χ0) is 23.5. The Morgan fingerprint density at radius 2 is 1.91 bits per heavy atom. The van der Waals surface area contributed by atoms with Crippen molar-refractivity contribution in [2.45, 2.75) is 13.1 Å². The molecule has 1 N–H and O–H groups in total. The molecule has 7 nitrogen and oxygen atoms in total. The molecule has 2 aromatic carbocycles. The lowest BCUT2D eigenvalue weighted by Crippen LogP contribution is -2.25. The maximum atomic E-state index is 6.13. The van der Waals surface area contributed by atoms with Crippen molar-refractivity contribution in [2.24, 2.45) is 0 Å². The summed E-state index contributed by atoms with van der Waals surface area (Å²) in [4.78, 5) is 6.93. The van der Waals surface area contributed by atoms with Gasteiger partial charge < -0.3 is 14.2 Å². The van der Waals surface area contributed by atoms with E-state index >= 15 is 0 Å². The van der Waals surface area contributed by atoms with Crippen LogP contribution < -0.4 is 14.2 Å². The number of rotatable bonds is 6. The smallest absolute Gasteiger partial charge is 0.213 e. The van der Waals surface area contributed by atoms with Crippen molar-refractivity contribution in [3.05, 3.63) is 76.9 Å². The number of pyridine rings is 1. The Kier molecular flexibility index (Phi) is 6.38. The van der Waals surface area contributed by atoms with Gasteiger partial charge in [0.15, 0.2) is 11.5 Å². The van der Waals surface area contributed by atoms with E-state index in [0.717, 1.165) is 52.5 Å². The summed E-state index contributed by atoms with van der Waals surface area (Å²) in [6, 6.07) is 17.6. The van der Waals surface area contributed by atoms with Crippen molar-refractivity contribution in [3.63, 3.8) is 0 Å². The molecule has 1 aliphatic heterocycles. The van der Waals surface area contributed by atoms with E-state index in [4.69, 9.17) is 25.8 Å². The van der Waals surface area contributed by atoms with Crippen molar-refractivity contribution < 1.29 is 14.2 Å². The van der Waals surface area contributed by atoms with E-state index in [1.165, 1.54) is 0 Å². The third kappa shape index (κ3) is 4.58. The summed E-state index contributed by atoms with van der Waals surface area (Å²) in [5.41, 5.74) is 5.97. The molecule has 5 rings (SSSR count). The summed E-state index contributed by atoms with van der Waals surface area (Å²) >= 11 is 6.06. The minimum absolute atomic E-state index is 0.564. The minimum Gasteiger partial charge on any atom is -0.493 e. The van der Waals surface area contributed by atoms with Crippen LogP contribution in [0.5, 0.6) is 17.4 Å². The minimum atomic E-state index is 0.564. The number of methoxy groups -OCH3 is 2. The largest absolute Gasteiger partial charge is 0.493 e. The van der Waals surface area contributed by atoms with E-state index in [0.29, 0.717) is 29.8 Å². The van der Waals surface area contributed by atoms with Gasteiger partial charge in [0.05, 0.1) is 31.8 Å². The highest BCUT2D eigenvalue weighted by atomic mass is 35.5. The van der Waals surface area contributed by atoms with E-state index < -0.39 is 0 Å². The third-order valence-electron chi connectivity index (χ3n) is 5.87. The highest BCUT2D eigenvalue weighted by molar-refractivity contribution is 6.30. The predicted molar refractivity (Wildman–Crippen MR) is 131 cm³/mol. The molecule has 8 heteroatoms. The number of ether oxygens (including phenoxy) is 3. The lowest BCUT2D eigenvalue weighted by Gasteiger charge is -2.20. The van der Waals surface area contributed by atoms with Crippen molar-refractivity contribution in [3.8, 4) is 39.9 Å². The Morgan fingerprint density at radius 1 is 1.06 bits per heavy atom. The lowest BCUT2D eigenvalue weighted by molar-refractivity contribution is 0.217. The molecule has 0 fully saturated rings. The quantitative estimate of drug-likeness (QED) is 0.412. The number of nitrogens with zero attached hydrogens (tertiary/aromatic N) is 3. The van der Waals surface area contributed by atoms with E-state index in [-0.39, 0.29) is 0 Å². The van der Waals surface area contributed by atoms with Gasteiger partial charge in [0.2, 0.25) is 5.88 Å². The van der Waals surface area contributed by atoms with Gasteiger partial charge in [0, 0.05) is 47.4 Å². The first kappa shape index (κ1) is 22.3.